The van der Waals surface area contributed by atoms with Gasteiger partial charge in [0.2, 0.25) is 0 Å². The van der Waals surface area contributed by atoms with Gasteiger partial charge in [0, 0.05) is 34.1 Å². The standard InChI is InChI=1S/C33H28N2O7S2.C19H14Br2N2O7/c1-20-3-11-25(12-4-20)43-27-16-29(36)34(32(27)40)18-23(15-22-7-9-24(10-8-22)42-19-31(38)39)35-30(37)17-28(33(35)41)44-26-13-5-21(2)6-14-26;20-13-6-15(24)22(18(13)28)8-11(23-16(25)7-14(21)19(23)29)5-10-1-3-12(4-2-10)30-9-17(26)27/h3-14,16-17,23H,15,18-19H2,1-2H3,(H,38,39);1-4,6-7,11H,5,8-9H2,(H,26,27)/t;11-/m.0/s1. The lowest BCUT2D eigenvalue weighted by Gasteiger charge is -2.30. The van der Waals surface area contributed by atoms with Gasteiger partial charge in [0.15, 0.2) is 13.2 Å². The number of rotatable bonds is 20. The number of imide groups is 4. The summed E-state index contributed by atoms with van der Waals surface area (Å²) in [5.41, 5.74) is 3.51. The molecule has 0 saturated carbocycles. The monoisotopic (exact) mass is 1170 g/mol. The molecule has 4 aliphatic heterocycles. The first kappa shape index (κ1) is 54.4. The van der Waals surface area contributed by atoms with Crippen molar-refractivity contribution in [1.82, 2.24) is 19.6 Å². The molecule has 0 fully saturated rings. The van der Waals surface area contributed by atoms with Gasteiger partial charge in [-0.3, -0.25) is 58.0 Å². The normalized spacial score (nSPS) is 16.3. The van der Waals surface area contributed by atoms with E-state index in [9.17, 15) is 47.9 Å². The maximum absolute atomic E-state index is 13.6. The first-order chi connectivity index (χ1) is 35.2. The highest BCUT2D eigenvalue weighted by atomic mass is 79.9. The number of ether oxygens (including phenoxy) is 2. The van der Waals surface area contributed by atoms with Gasteiger partial charge in [-0.05, 0) is 118 Å². The van der Waals surface area contributed by atoms with Gasteiger partial charge in [-0.1, -0.05) is 83.2 Å². The lowest BCUT2D eigenvalue weighted by atomic mass is 10.0. The molecule has 0 saturated heterocycles. The molecule has 4 aromatic carbocycles. The molecule has 22 heteroatoms. The number of carboxylic acids is 2. The molecular weight excluding hydrogens is 1130 g/mol. The van der Waals surface area contributed by atoms with Crippen molar-refractivity contribution in [2.75, 3.05) is 26.3 Å². The topological polar surface area (TPSA) is 243 Å². The van der Waals surface area contributed by atoms with Crippen LogP contribution in [0.5, 0.6) is 11.5 Å². The molecule has 18 nitrogen and oxygen atoms in total. The second-order valence-corrected chi connectivity index (χ2v) is 20.7. The smallest absolute Gasteiger partial charge is 0.341 e. The third kappa shape index (κ3) is 13.6. The molecule has 0 spiro atoms. The molecule has 1 unspecified atom stereocenters. The van der Waals surface area contributed by atoms with Gasteiger partial charge >= 0.3 is 11.9 Å². The molecule has 8 rings (SSSR count). The molecule has 8 amide bonds. The summed E-state index contributed by atoms with van der Waals surface area (Å²) in [6, 6.07) is 26.4. The van der Waals surface area contributed by atoms with E-state index in [2.05, 4.69) is 31.9 Å². The Kier molecular flexibility index (Phi) is 17.7. The van der Waals surface area contributed by atoms with E-state index in [1.54, 1.807) is 48.5 Å². The van der Waals surface area contributed by atoms with Gasteiger partial charge in [-0.25, -0.2) is 9.59 Å². The van der Waals surface area contributed by atoms with Gasteiger partial charge in [-0.15, -0.1) is 0 Å². The van der Waals surface area contributed by atoms with Crippen LogP contribution >= 0.6 is 55.4 Å². The Morgan fingerprint density at radius 1 is 0.486 bits per heavy atom. The number of carboxylic acid groups (broad SMARTS) is 2. The van der Waals surface area contributed by atoms with Crippen LogP contribution in [0.15, 0.2) is 150 Å². The SMILES string of the molecule is Cc1ccc(SC2=CC(=O)N(CC(Cc3ccc(OCC(=O)O)cc3)N3C(=O)C=C(Sc4ccc(C)cc4)C3=O)C2=O)cc1.O=C(O)COc1ccc(C[C@@H](CN2C(=O)C=C(Br)C2=O)N2C(=O)C=C(Br)C2=O)cc1. The Bertz CT molecular complexity index is 3090. The molecule has 0 aliphatic carbocycles. The van der Waals surface area contributed by atoms with Crippen molar-refractivity contribution < 1.29 is 67.6 Å². The Morgan fingerprint density at radius 3 is 1.26 bits per heavy atom. The highest BCUT2D eigenvalue weighted by Crippen LogP contribution is 2.36. The van der Waals surface area contributed by atoms with Gasteiger partial charge in [0.25, 0.3) is 47.3 Å². The highest BCUT2D eigenvalue weighted by molar-refractivity contribution is 9.12. The van der Waals surface area contributed by atoms with Crippen LogP contribution in [0.4, 0.5) is 0 Å². The minimum Gasteiger partial charge on any atom is -0.482 e. The Labute approximate surface area is 447 Å². The zero-order chi connectivity index (χ0) is 53.4. The lowest BCUT2D eigenvalue weighted by Crippen LogP contribution is -2.50. The molecule has 74 heavy (non-hydrogen) atoms. The van der Waals surface area contributed by atoms with Gasteiger partial charge in [0.1, 0.15) is 11.5 Å². The van der Waals surface area contributed by atoms with Crippen LogP contribution < -0.4 is 9.47 Å². The van der Waals surface area contributed by atoms with Crippen LogP contribution in [-0.4, -0.2) is 127 Å². The zero-order valence-electron chi connectivity index (χ0n) is 39.1. The number of halogens is 2. The minimum atomic E-state index is -1.11. The predicted octanol–water partition coefficient (Wildman–Crippen LogP) is 6.12. The number of aryl methyl sites for hydroxylation is 2. The van der Waals surface area contributed by atoms with Crippen molar-refractivity contribution >= 4 is 115 Å². The first-order valence-corrected chi connectivity index (χ1v) is 25.5. The van der Waals surface area contributed by atoms with E-state index in [1.165, 1.54) is 35.7 Å². The molecule has 4 aromatic rings. The summed E-state index contributed by atoms with van der Waals surface area (Å²) in [6.45, 7) is 2.55. The Hall–Kier alpha value is -7.40. The second kappa shape index (κ2) is 24.1. The van der Waals surface area contributed by atoms with Crippen LogP contribution in [0.3, 0.4) is 0 Å². The highest BCUT2D eigenvalue weighted by Gasteiger charge is 2.42. The largest absolute Gasteiger partial charge is 0.482 e. The first-order valence-electron chi connectivity index (χ1n) is 22.2. The van der Waals surface area contributed by atoms with E-state index < -0.39 is 84.5 Å². The number of carbonyl (C=O) groups excluding carboxylic acids is 8. The molecule has 2 N–H and O–H groups in total. The molecule has 0 aromatic heterocycles. The van der Waals surface area contributed by atoms with Crippen LogP contribution in [0, 0.1) is 13.8 Å². The van der Waals surface area contributed by atoms with E-state index in [-0.39, 0.29) is 44.7 Å². The predicted molar refractivity (Wildman–Crippen MR) is 276 cm³/mol. The number of hydrogen-bond acceptors (Lipinski definition) is 14. The van der Waals surface area contributed by atoms with Crippen LogP contribution in [0.1, 0.15) is 22.3 Å². The quantitative estimate of drug-likeness (QED) is 0.0947. The Balaban J connectivity index is 0.000000233. The number of thioether (sulfide) groups is 2. The molecule has 380 valence electrons. The van der Waals surface area contributed by atoms with E-state index >= 15 is 0 Å². The molecular formula is C52H42Br2N4O14S2. The van der Waals surface area contributed by atoms with E-state index in [0.29, 0.717) is 22.6 Å². The van der Waals surface area contributed by atoms with Crippen LogP contribution in [-0.2, 0) is 60.8 Å². The molecule has 0 radical (unpaired) electrons. The van der Waals surface area contributed by atoms with Crippen molar-refractivity contribution in [3.8, 4) is 11.5 Å². The van der Waals surface area contributed by atoms with E-state index in [4.69, 9.17) is 19.7 Å². The number of amides is 8. The van der Waals surface area contributed by atoms with Gasteiger partial charge < -0.3 is 19.7 Å². The summed E-state index contributed by atoms with van der Waals surface area (Å²) < 4.78 is 10.5. The average molecular weight is 1170 g/mol. The van der Waals surface area contributed by atoms with Gasteiger partial charge in [-0.2, -0.15) is 0 Å². The number of hydrogen-bond donors (Lipinski definition) is 2. The number of carbonyl (C=O) groups is 10. The van der Waals surface area contributed by atoms with Crippen molar-refractivity contribution in [1.29, 1.82) is 0 Å². The van der Waals surface area contributed by atoms with Gasteiger partial charge in [0.05, 0.1) is 43.9 Å². The van der Waals surface area contributed by atoms with Crippen molar-refractivity contribution in [2.45, 2.75) is 48.6 Å². The molecule has 4 aliphatic rings. The average Bonchev–Trinajstić information content (AvgIpc) is 3.98. The summed E-state index contributed by atoms with van der Waals surface area (Å²) in [7, 11) is 0. The molecule has 2 atom stereocenters. The maximum atomic E-state index is 13.6. The van der Waals surface area contributed by atoms with Crippen molar-refractivity contribution in [3.05, 3.63) is 162 Å². The third-order valence-electron chi connectivity index (χ3n) is 11.3. The Morgan fingerprint density at radius 2 is 0.851 bits per heavy atom. The fourth-order valence-corrected chi connectivity index (χ4v) is 10.3. The van der Waals surface area contributed by atoms with E-state index in [0.717, 1.165) is 52.7 Å². The van der Waals surface area contributed by atoms with E-state index in [1.807, 2.05) is 62.4 Å². The molecule has 4 heterocycles. The fraction of sp³-hybridized carbons (Fsp3) is 0.192. The number of nitrogens with zero attached hydrogens (tertiary/aromatic N) is 4. The van der Waals surface area contributed by atoms with Crippen LogP contribution in [0.25, 0.3) is 0 Å². The van der Waals surface area contributed by atoms with Crippen molar-refractivity contribution in [3.63, 3.8) is 0 Å². The molecule has 0 bridgehead atoms. The summed E-state index contributed by atoms with van der Waals surface area (Å²) >= 11 is 8.42. The third-order valence-corrected chi connectivity index (χ3v) is 14.5. The maximum Gasteiger partial charge on any atom is 0.341 e. The number of benzene rings is 4. The lowest BCUT2D eigenvalue weighted by molar-refractivity contribution is -0.145. The second-order valence-electron chi connectivity index (χ2n) is 16.7. The fourth-order valence-electron chi connectivity index (χ4n) is 7.70. The number of aliphatic carboxylic acids is 2. The van der Waals surface area contributed by atoms with Crippen LogP contribution in [0.2, 0.25) is 0 Å². The summed E-state index contributed by atoms with van der Waals surface area (Å²) in [5.74, 6) is -5.79. The summed E-state index contributed by atoms with van der Waals surface area (Å²) in [6.07, 6.45) is 5.15. The minimum absolute atomic E-state index is 0.0910. The zero-order valence-corrected chi connectivity index (χ0v) is 43.9. The summed E-state index contributed by atoms with van der Waals surface area (Å²) in [4.78, 5) is 130. The summed E-state index contributed by atoms with van der Waals surface area (Å²) in [5, 5.41) is 17.5. The van der Waals surface area contributed by atoms with Crippen molar-refractivity contribution in [2.24, 2.45) is 0 Å².